The van der Waals surface area contributed by atoms with Crippen LogP contribution in [0.3, 0.4) is 0 Å². The molecule has 0 unspecified atom stereocenters. The fraction of sp³-hybridized carbons (Fsp3) is 0.300. The molecular weight excluding hydrogens is 404 g/mol. The van der Waals surface area contributed by atoms with Crippen LogP contribution in [-0.4, -0.2) is 37.0 Å². The van der Waals surface area contributed by atoms with Gasteiger partial charge in [-0.1, -0.05) is 17.7 Å². The van der Waals surface area contributed by atoms with E-state index in [4.69, 9.17) is 16.3 Å². The molecule has 0 bridgehead atoms. The molecule has 2 aromatic rings. The number of piperidine rings is 1. The zero-order chi connectivity index (χ0) is 20.8. The average molecular weight is 424 g/mol. The van der Waals surface area contributed by atoms with E-state index in [-0.39, 0.29) is 35.2 Å². The Kier molecular flexibility index (Phi) is 7.00. The van der Waals surface area contributed by atoms with E-state index in [0.29, 0.717) is 25.1 Å². The van der Waals surface area contributed by atoms with Crippen molar-refractivity contribution < 1.29 is 23.1 Å². The van der Waals surface area contributed by atoms with Crippen LogP contribution < -0.4 is 20.7 Å². The Morgan fingerprint density at radius 2 is 2.00 bits per heavy atom. The first-order chi connectivity index (χ1) is 13.9. The molecule has 0 aliphatic carbocycles. The van der Waals surface area contributed by atoms with E-state index in [1.807, 2.05) is 0 Å². The van der Waals surface area contributed by atoms with Gasteiger partial charge in [-0.3, -0.25) is 9.59 Å². The lowest BCUT2D eigenvalue weighted by Gasteiger charge is -2.29. The molecule has 0 radical (unpaired) electrons. The summed E-state index contributed by atoms with van der Waals surface area (Å²) < 4.78 is 31.8. The van der Waals surface area contributed by atoms with Crippen molar-refractivity contribution in [3.63, 3.8) is 0 Å². The molecule has 2 aromatic carbocycles. The third kappa shape index (κ3) is 6.13. The van der Waals surface area contributed by atoms with Crippen molar-refractivity contribution in [1.29, 1.82) is 0 Å². The summed E-state index contributed by atoms with van der Waals surface area (Å²) in [7, 11) is 0. The van der Waals surface area contributed by atoms with Gasteiger partial charge in [-0.05, 0) is 43.2 Å². The Bertz CT molecular complexity index is 889. The summed E-state index contributed by atoms with van der Waals surface area (Å²) >= 11 is 5.60. The minimum Gasteiger partial charge on any atom is -0.484 e. The van der Waals surface area contributed by atoms with Gasteiger partial charge in [0.25, 0.3) is 5.91 Å². The summed E-state index contributed by atoms with van der Waals surface area (Å²) in [6.45, 7) is 0.142. The first-order valence-corrected chi connectivity index (χ1v) is 9.45. The van der Waals surface area contributed by atoms with E-state index in [1.54, 1.807) is 6.07 Å². The van der Waals surface area contributed by atoms with Gasteiger partial charge in [0.05, 0.1) is 11.1 Å². The molecule has 2 amide bonds. The smallest absolute Gasteiger partial charge is 0.258 e. The molecule has 3 rings (SSSR count). The number of benzene rings is 2. The van der Waals surface area contributed by atoms with E-state index < -0.39 is 17.7 Å². The topological polar surface area (TPSA) is 79.5 Å². The van der Waals surface area contributed by atoms with Crippen LogP contribution in [0, 0.1) is 11.6 Å². The highest BCUT2D eigenvalue weighted by molar-refractivity contribution is 6.30. The molecule has 1 aliphatic heterocycles. The van der Waals surface area contributed by atoms with Gasteiger partial charge < -0.3 is 20.7 Å². The highest BCUT2D eigenvalue weighted by Gasteiger charge is 2.26. The summed E-state index contributed by atoms with van der Waals surface area (Å²) in [6.07, 6.45) is 1.10. The number of ether oxygens (including phenoxy) is 1. The largest absolute Gasteiger partial charge is 0.484 e. The Morgan fingerprint density at radius 1 is 1.17 bits per heavy atom. The third-order valence-electron chi connectivity index (χ3n) is 4.45. The second kappa shape index (κ2) is 9.67. The molecule has 0 spiro atoms. The van der Waals surface area contributed by atoms with Crippen molar-refractivity contribution in [2.24, 2.45) is 0 Å². The molecule has 0 saturated carbocycles. The van der Waals surface area contributed by atoms with Crippen molar-refractivity contribution in [1.82, 2.24) is 10.6 Å². The Labute approximate surface area is 171 Å². The summed E-state index contributed by atoms with van der Waals surface area (Å²) in [5.74, 6) is -1.45. The number of rotatable bonds is 6. The number of halogens is 3. The molecule has 29 heavy (non-hydrogen) atoms. The van der Waals surface area contributed by atoms with Gasteiger partial charge in [-0.15, -0.1) is 0 Å². The van der Waals surface area contributed by atoms with Gasteiger partial charge in [-0.2, -0.15) is 0 Å². The van der Waals surface area contributed by atoms with Crippen LogP contribution in [-0.2, 0) is 9.59 Å². The second-order valence-electron chi connectivity index (χ2n) is 6.67. The summed E-state index contributed by atoms with van der Waals surface area (Å²) in [6, 6.07) is 9.02. The lowest BCUT2D eigenvalue weighted by molar-refractivity contribution is -0.124. The molecule has 1 aliphatic rings. The molecule has 154 valence electrons. The molecule has 1 fully saturated rings. The highest BCUT2D eigenvalue weighted by Crippen LogP contribution is 2.20. The first-order valence-electron chi connectivity index (χ1n) is 9.08. The second-order valence-corrected chi connectivity index (χ2v) is 7.07. The highest BCUT2D eigenvalue weighted by atomic mass is 35.5. The Balaban J connectivity index is 1.40. The van der Waals surface area contributed by atoms with Gasteiger partial charge >= 0.3 is 0 Å². The fourth-order valence-electron chi connectivity index (χ4n) is 2.98. The van der Waals surface area contributed by atoms with Crippen LogP contribution in [0.5, 0.6) is 5.75 Å². The number of carbonyl (C=O) groups is 2. The van der Waals surface area contributed by atoms with Crippen LogP contribution in [0.4, 0.5) is 14.5 Å². The lowest BCUT2D eigenvalue weighted by Crippen LogP contribution is -2.53. The number of anilines is 1. The van der Waals surface area contributed by atoms with Gasteiger partial charge in [0.2, 0.25) is 5.91 Å². The normalized spacial score (nSPS) is 18.7. The minimum absolute atomic E-state index is 0.0222. The van der Waals surface area contributed by atoms with Gasteiger partial charge in [0.1, 0.15) is 17.4 Å². The molecule has 3 N–H and O–H groups in total. The summed E-state index contributed by atoms with van der Waals surface area (Å²) in [4.78, 5) is 24.3. The van der Waals surface area contributed by atoms with Crippen molar-refractivity contribution in [3.8, 4) is 5.75 Å². The van der Waals surface area contributed by atoms with E-state index in [2.05, 4.69) is 16.0 Å². The maximum Gasteiger partial charge on any atom is 0.258 e. The van der Waals surface area contributed by atoms with Crippen LogP contribution >= 0.6 is 11.6 Å². The van der Waals surface area contributed by atoms with E-state index in [0.717, 1.165) is 6.07 Å². The third-order valence-corrected chi connectivity index (χ3v) is 4.76. The van der Waals surface area contributed by atoms with Crippen molar-refractivity contribution >= 4 is 29.1 Å². The van der Waals surface area contributed by atoms with E-state index >= 15 is 0 Å². The minimum atomic E-state index is -0.622. The van der Waals surface area contributed by atoms with Crippen LogP contribution in [0.2, 0.25) is 5.02 Å². The molecule has 0 aromatic heterocycles. The monoisotopic (exact) mass is 423 g/mol. The van der Waals surface area contributed by atoms with Gasteiger partial charge in [0, 0.05) is 24.3 Å². The van der Waals surface area contributed by atoms with Crippen molar-refractivity contribution in [2.75, 3.05) is 18.5 Å². The number of hydrogen-bond donors (Lipinski definition) is 3. The van der Waals surface area contributed by atoms with Crippen LogP contribution in [0.1, 0.15) is 12.8 Å². The first kappa shape index (κ1) is 21.0. The lowest BCUT2D eigenvalue weighted by atomic mass is 10.00. The summed E-state index contributed by atoms with van der Waals surface area (Å²) in [5.41, 5.74) is 0.392. The standard InChI is InChI=1S/C20H20ClF2N3O3/c21-16-6-5-15(9-17(16)23)29-11-19(27)25-14-4-7-18(24-10-14)20(28)26-13-3-1-2-12(22)8-13/h1-3,5-6,8-9,14,18,24H,4,7,10-11H2,(H,25,27)(H,26,28)/t14-,18+/m0/s1. The maximum absolute atomic E-state index is 13.4. The SMILES string of the molecule is O=C(COc1ccc(Cl)c(F)c1)N[C@H]1CC[C@H](C(=O)Nc2cccc(F)c2)NC1. The molecular formula is C20H20ClF2N3O3. The maximum atomic E-state index is 13.4. The zero-order valence-corrected chi connectivity index (χ0v) is 16.1. The van der Waals surface area contributed by atoms with E-state index in [1.165, 1.54) is 30.3 Å². The predicted molar refractivity (Wildman–Crippen MR) is 105 cm³/mol. The number of nitrogens with one attached hydrogen (secondary N) is 3. The number of amides is 2. The predicted octanol–water partition coefficient (Wildman–Crippen LogP) is 2.87. The number of hydrogen-bond acceptors (Lipinski definition) is 4. The van der Waals surface area contributed by atoms with Gasteiger partial charge in [-0.25, -0.2) is 8.78 Å². The molecule has 2 atom stereocenters. The van der Waals surface area contributed by atoms with Crippen molar-refractivity contribution in [2.45, 2.75) is 24.9 Å². The molecule has 9 heteroatoms. The molecule has 1 saturated heterocycles. The van der Waals surface area contributed by atoms with Crippen LogP contribution in [0.25, 0.3) is 0 Å². The number of carbonyl (C=O) groups excluding carboxylic acids is 2. The Hall–Kier alpha value is -2.71. The zero-order valence-electron chi connectivity index (χ0n) is 15.4. The molecule has 1 heterocycles. The Morgan fingerprint density at radius 3 is 2.69 bits per heavy atom. The van der Waals surface area contributed by atoms with Gasteiger partial charge in [0.15, 0.2) is 6.61 Å². The van der Waals surface area contributed by atoms with Crippen molar-refractivity contribution in [3.05, 3.63) is 59.1 Å². The summed E-state index contributed by atoms with van der Waals surface area (Å²) in [5, 5.41) is 8.52. The van der Waals surface area contributed by atoms with E-state index in [9.17, 15) is 18.4 Å². The van der Waals surface area contributed by atoms with Crippen LogP contribution in [0.15, 0.2) is 42.5 Å². The quantitative estimate of drug-likeness (QED) is 0.667. The molecule has 6 nitrogen and oxygen atoms in total. The fourth-order valence-corrected chi connectivity index (χ4v) is 3.10. The average Bonchev–Trinajstić information content (AvgIpc) is 2.69.